The van der Waals surface area contributed by atoms with Gasteiger partial charge in [0.1, 0.15) is 5.82 Å². The van der Waals surface area contributed by atoms with Crippen molar-refractivity contribution in [3.05, 3.63) is 42.1 Å². The van der Waals surface area contributed by atoms with Crippen LogP contribution in [0.5, 0.6) is 0 Å². The minimum atomic E-state index is -4.20. The minimum Gasteiger partial charge on any atom is -0.387 e. The first kappa shape index (κ1) is 19.3. The van der Waals surface area contributed by atoms with Gasteiger partial charge in [0.15, 0.2) is 5.82 Å². The molecule has 3 aliphatic rings. The first-order chi connectivity index (χ1) is 14.5. The molecule has 0 spiro atoms. The van der Waals surface area contributed by atoms with Gasteiger partial charge in [-0.3, -0.25) is 4.98 Å². The Hall–Kier alpha value is -2.68. The van der Waals surface area contributed by atoms with E-state index in [9.17, 15) is 13.2 Å². The third-order valence-electron chi connectivity index (χ3n) is 5.75. The van der Waals surface area contributed by atoms with E-state index in [0.717, 1.165) is 40.7 Å². The van der Waals surface area contributed by atoms with Gasteiger partial charge in [-0.2, -0.15) is 13.2 Å². The van der Waals surface area contributed by atoms with Crippen molar-refractivity contribution in [3.63, 3.8) is 0 Å². The number of alkyl halides is 3. The maximum absolute atomic E-state index is 13.0. The second kappa shape index (κ2) is 7.54. The number of rotatable bonds is 4. The maximum atomic E-state index is 13.0. The summed E-state index contributed by atoms with van der Waals surface area (Å²) in [5.41, 5.74) is 2.75. The molecule has 5 rings (SSSR count). The Bertz CT molecular complexity index is 1010. The molecule has 2 fully saturated rings. The topological polar surface area (TPSA) is 66.0 Å². The summed E-state index contributed by atoms with van der Waals surface area (Å²) < 4.78 is 39.0. The molecule has 1 unspecified atom stereocenters. The molecule has 9 heteroatoms. The fraction of sp³-hybridized carbons (Fsp3) is 0.476. The molecule has 4 heterocycles. The van der Waals surface area contributed by atoms with Crippen LogP contribution in [0.3, 0.4) is 0 Å². The van der Waals surface area contributed by atoms with Crippen LogP contribution in [-0.4, -0.2) is 53.3 Å². The van der Waals surface area contributed by atoms with Crippen LogP contribution in [0.15, 0.2) is 30.7 Å². The van der Waals surface area contributed by atoms with Crippen LogP contribution in [-0.2, 0) is 0 Å². The zero-order valence-electron chi connectivity index (χ0n) is 16.4. The van der Waals surface area contributed by atoms with Crippen molar-refractivity contribution in [2.24, 2.45) is 0 Å². The number of nitrogens with one attached hydrogen (secondary N) is 2. The molecule has 0 amide bonds. The van der Waals surface area contributed by atoms with Crippen molar-refractivity contribution in [2.45, 2.75) is 37.4 Å². The van der Waals surface area contributed by atoms with Crippen LogP contribution < -0.4 is 15.5 Å². The van der Waals surface area contributed by atoms with Gasteiger partial charge in [-0.05, 0) is 36.6 Å². The predicted octanol–water partition coefficient (Wildman–Crippen LogP) is 3.13. The molecule has 0 aromatic carbocycles. The summed E-state index contributed by atoms with van der Waals surface area (Å²) in [6, 6.07) is -0.656. The normalized spacial score (nSPS) is 22.2. The van der Waals surface area contributed by atoms with E-state index < -0.39 is 18.6 Å². The van der Waals surface area contributed by atoms with Crippen molar-refractivity contribution in [2.75, 3.05) is 31.1 Å². The Morgan fingerprint density at radius 2 is 2.03 bits per heavy atom. The van der Waals surface area contributed by atoms with Gasteiger partial charge in [0.2, 0.25) is 0 Å². The van der Waals surface area contributed by atoms with Crippen LogP contribution >= 0.6 is 0 Å². The number of anilines is 1. The first-order valence-corrected chi connectivity index (χ1v) is 10.3. The van der Waals surface area contributed by atoms with Gasteiger partial charge in [-0.15, -0.1) is 0 Å². The SMILES string of the molecule is FC(F)(F)CC1CN(c2nc(C3=CCNC=C3)nc3cncc(C4CC4)c23)CCN1. The summed E-state index contributed by atoms with van der Waals surface area (Å²) >= 11 is 0. The predicted molar refractivity (Wildman–Crippen MR) is 109 cm³/mol. The number of dihydropyridines is 1. The lowest BCUT2D eigenvalue weighted by atomic mass is 10.1. The van der Waals surface area contributed by atoms with Crippen molar-refractivity contribution in [1.29, 1.82) is 0 Å². The van der Waals surface area contributed by atoms with Crippen molar-refractivity contribution < 1.29 is 13.2 Å². The van der Waals surface area contributed by atoms with Crippen molar-refractivity contribution >= 4 is 22.3 Å². The number of allylic oxidation sites excluding steroid dienone is 2. The van der Waals surface area contributed by atoms with Crippen LogP contribution in [0.2, 0.25) is 0 Å². The Morgan fingerprint density at radius 1 is 1.17 bits per heavy atom. The summed E-state index contributed by atoms with van der Waals surface area (Å²) in [6.07, 6.45) is 6.51. The number of piperazine rings is 1. The summed E-state index contributed by atoms with van der Waals surface area (Å²) in [6.45, 7) is 2.03. The molecule has 1 aliphatic carbocycles. The molecule has 2 N–H and O–H groups in total. The summed E-state index contributed by atoms with van der Waals surface area (Å²) in [4.78, 5) is 16.0. The van der Waals surface area contributed by atoms with Gasteiger partial charge >= 0.3 is 6.18 Å². The van der Waals surface area contributed by atoms with Crippen LogP contribution in [0.25, 0.3) is 16.5 Å². The summed E-state index contributed by atoms with van der Waals surface area (Å²) in [5, 5.41) is 7.05. The zero-order valence-corrected chi connectivity index (χ0v) is 16.4. The maximum Gasteiger partial charge on any atom is 0.390 e. The van der Waals surface area contributed by atoms with Crippen LogP contribution in [0.1, 0.15) is 36.6 Å². The number of hydrogen-bond acceptors (Lipinski definition) is 6. The highest BCUT2D eigenvalue weighted by atomic mass is 19.4. The molecule has 2 aliphatic heterocycles. The third-order valence-corrected chi connectivity index (χ3v) is 5.75. The number of fused-ring (bicyclic) bond motifs is 1. The Labute approximate surface area is 172 Å². The second-order valence-electron chi connectivity index (χ2n) is 8.09. The number of aromatic nitrogens is 3. The highest BCUT2D eigenvalue weighted by molar-refractivity contribution is 5.94. The molecule has 6 nitrogen and oxygen atoms in total. The van der Waals surface area contributed by atoms with Gasteiger partial charge in [0, 0.05) is 49.4 Å². The molecular formula is C21H23F3N6. The monoisotopic (exact) mass is 416 g/mol. The van der Waals surface area contributed by atoms with E-state index in [0.29, 0.717) is 31.4 Å². The van der Waals surface area contributed by atoms with E-state index in [2.05, 4.69) is 15.6 Å². The second-order valence-corrected chi connectivity index (χ2v) is 8.09. The number of halogens is 3. The fourth-order valence-electron chi connectivity index (χ4n) is 4.20. The lowest BCUT2D eigenvalue weighted by molar-refractivity contribution is -0.139. The zero-order chi connectivity index (χ0) is 20.7. The van der Waals surface area contributed by atoms with Crippen LogP contribution in [0.4, 0.5) is 19.0 Å². The lowest BCUT2D eigenvalue weighted by Crippen LogP contribution is -2.52. The van der Waals surface area contributed by atoms with Crippen molar-refractivity contribution in [1.82, 2.24) is 25.6 Å². The average molecular weight is 416 g/mol. The molecule has 1 saturated heterocycles. The third kappa shape index (κ3) is 3.98. The van der Waals surface area contributed by atoms with Gasteiger partial charge in [-0.1, -0.05) is 6.08 Å². The van der Waals surface area contributed by atoms with Crippen LogP contribution in [0, 0.1) is 0 Å². The smallest absolute Gasteiger partial charge is 0.387 e. The molecule has 158 valence electrons. The van der Waals surface area contributed by atoms with Crippen molar-refractivity contribution in [3.8, 4) is 0 Å². The molecule has 2 aromatic heterocycles. The largest absolute Gasteiger partial charge is 0.390 e. The molecule has 1 atom stereocenters. The van der Waals surface area contributed by atoms with Gasteiger partial charge in [-0.25, -0.2) is 9.97 Å². The number of pyridine rings is 1. The van der Waals surface area contributed by atoms with E-state index in [-0.39, 0.29) is 6.54 Å². The highest BCUT2D eigenvalue weighted by Crippen LogP contribution is 2.44. The molecule has 0 bridgehead atoms. The average Bonchev–Trinajstić information content (AvgIpc) is 3.57. The van der Waals surface area contributed by atoms with E-state index in [1.54, 1.807) is 6.20 Å². The van der Waals surface area contributed by atoms with E-state index in [1.807, 2.05) is 29.4 Å². The molecule has 1 saturated carbocycles. The quantitative estimate of drug-likeness (QED) is 0.799. The Morgan fingerprint density at radius 3 is 2.77 bits per heavy atom. The van der Waals surface area contributed by atoms with Gasteiger partial charge in [0.05, 0.1) is 18.1 Å². The first-order valence-electron chi connectivity index (χ1n) is 10.3. The highest BCUT2D eigenvalue weighted by Gasteiger charge is 2.35. The fourth-order valence-corrected chi connectivity index (χ4v) is 4.20. The molecule has 30 heavy (non-hydrogen) atoms. The minimum absolute atomic E-state index is 0.258. The van der Waals surface area contributed by atoms with Gasteiger partial charge < -0.3 is 15.5 Å². The summed E-state index contributed by atoms with van der Waals surface area (Å²) in [7, 11) is 0. The molecular weight excluding hydrogens is 393 g/mol. The van der Waals surface area contributed by atoms with Gasteiger partial charge in [0.25, 0.3) is 0 Å². The number of hydrogen-bond donors (Lipinski definition) is 2. The lowest BCUT2D eigenvalue weighted by Gasteiger charge is -2.35. The Balaban J connectivity index is 1.59. The van der Waals surface area contributed by atoms with E-state index in [4.69, 9.17) is 9.97 Å². The number of nitrogens with zero attached hydrogens (tertiary/aromatic N) is 4. The Kier molecular flexibility index (Phi) is 4.85. The van der Waals surface area contributed by atoms with E-state index >= 15 is 0 Å². The standard InChI is InChI=1S/C21H23F3N6/c22-21(23,24)9-15-12-30(8-7-27-15)20-18-16(13-1-2-13)10-26-11-17(18)28-19(29-20)14-3-5-25-6-4-14/h3-5,10-11,13,15,25,27H,1-2,6-9,12H2. The molecule has 0 radical (unpaired) electrons. The molecule has 2 aromatic rings. The summed E-state index contributed by atoms with van der Waals surface area (Å²) in [5.74, 6) is 1.73. The van der Waals surface area contributed by atoms with E-state index in [1.165, 1.54) is 0 Å².